The molecule has 0 aliphatic carbocycles. The Morgan fingerprint density at radius 1 is 1.33 bits per heavy atom. The lowest BCUT2D eigenvalue weighted by Crippen LogP contribution is -2.35. The maximum Gasteiger partial charge on any atom is 0.0900 e. The molecule has 1 saturated heterocycles. The van der Waals surface area contributed by atoms with E-state index in [1.165, 1.54) is 41.4 Å². The van der Waals surface area contributed by atoms with Gasteiger partial charge in [0.05, 0.1) is 16.7 Å². The summed E-state index contributed by atoms with van der Waals surface area (Å²) in [5.74, 6) is 0. The Balaban J connectivity index is 2.07. The standard InChI is InChI=1S/C14H25N3S/c1-10(14-11(2)18-12(3)16-14)17(4)13-6-5-8-15-9-7-13/h10,13,15H,5-9H2,1-4H3. The molecule has 4 heteroatoms. The smallest absolute Gasteiger partial charge is 0.0900 e. The van der Waals surface area contributed by atoms with Crippen LogP contribution in [0.4, 0.5) is 0 Å². The summed E-state index contributed by atoms with van der Waals surface area (Å²) in [6.45, 7) is 8.91. The molecule has 18 heavy (non-hydrogen) atoms. The summed E-state index contributed by atoms with van der Waals surface area (Å²) in [5, 5.41) is 4.67. The van der Waals surface area contributed by atoms with E-state index in [1.54, 1.807) is 0 Å². The largest absolute Gasteiger partial charge is 0.317 e. The summed E-state index contributed by atoms with van der Waals surface area (Å²) in [5.41, 5.74) is 1.28. The molecule has 1 aliphatic heterocycles. The summed E-state index contributed by atoms with van der Waals surface area (Å²) >= 11 is 1.82. The number of aromatic nitrogens is 1. The second kappa shape index (κ2) is 6.13. The fourth-order valence-electron chi connectivity index (χ4n) is 2.85. The second-order valence-corrected chi connectivity index (χ2v) is 6.76. The molecule has 102 valence electrons. The van der Waals surface area contributed by atoms with Gasteiger partial charge in [-0.25, -0.2) is 4.98 Å². The van der Waals surface area contributed by atoms with Crippen molar-refractivity contribution < 1.29 is 0 Å². The van der Waals surface area contributed by atoms with Crippen LogP contribution in [0.25, 0.3) is 0 Å². The normalized spacial score (nSPS) is 23.1. The van der Waals surface area contributed by atoms with Gasteiger partial charge in [-0.2, -0.15) is 0 Å². The van der Waals surface area contributed by atoms with Crippen molar-refractivity contribution in [2.24, 2.45) is 0 Å². The van der Waals surface area contributed by atoms with Crippen LogP contribution < -0.4 is 5.32 Å². The molecule has 1 N–H and O–H groups in total. The van der Waals surface area contributed by atoms with Gasteiger partial charge in [0, 0.05) is 10.9 Å². The van der Waals surface area contributed by atoms with Crippen LogP contribution in [0.15, 0.2) is 0 Å². The molecule has 3 nitrogen and oxygen atoms in total. The summed E-state index contributed by atoms with van der Waals surface area (Å²) in [6.07, 6.45) is 3.84. The SMILES string of the molecule is Cc1nc(C(C)N(C)C2CCCNCC2)c(C)s1. The number of hydrogen-bond acceptors (Lipinski definition) is 4. The third kappa shape index (κ3) is 3.11. The summed E-state index contributed by atoms with van der Waals surface area (Å²) in [6, 6.07) is 1.12. The van der Waals surface area contributed by atoms with Crippen LogP contribution in [0.1, 0.15) is 47.8 Å². The third-order valence-corrected chi connectivity index (χ3v) is 4.97. The van der Waals surface area contributed by atoms with Crippen LogP contribution in [0.3, 0.4) is 0 Å². The number of nitrogens with one attached hydrogen (secondary N) is 1. The molecule has 0 bridgehead atoms. The van der Waals surface area contributed by atoms with E-state index < -0.39 is 0 Å². The van der Waals surface area contributed by atoms with Crippen molar-refractivity contribution in [2.75, 3.05) is 20.1 Å². The first-order chi connectivity index (χ1) is 8.59. The average molecular weight is 267 g/mol. The fraction of sp³-hybridized carbons (Fsp3) is 0.786. The van der Waals surface area contributed by atoms with Gasteiger partial charge in [-0.15, -0.1) is 11.3 Å². The van der Waals surface area contributed by atoms with Gasteiger partial charge in [-0.3, -0.25) is 4.90 Å². The van der Waals surface area contributed by atoms with Crippen molar-refractivity contribution in [1.82, 2.24) is 15.2 Å². The molecule has 1 aliphatic rings. The Labute approximate surface area is 115 Å². The minimum absolute atomic E-state index is 0.429. The average Bonchev–Trinajstić information content (AvgIpc) is 2.59. The lowest BCUT2D eigenvalue weighted by Gasteiger charge is -2.32. The topological polar surface area (TPSA) is 28.2 Å². The van der Waals surface area contributed by atoms with Gasteiger partial charge in [-0.05, 0) is 60.2 Å². The van der Waals surface area contributed by atoms with Crippen LogP contribution in [0.5, 0.6) is 0 Å². The molecule has 2 atom stereocenters. The Morgan fingerprint density at radius 2 is 2.11 bits per heavy atom. The molecule has 0 saturated carbocycles. The molecule has 1 aromatic heterocycles. The number of nitrogens with zero attached hydrogens (tertiary/aromatic N) is 2. The van der Waals surface area contributed by atoms with Crippen molar-refractivity contribution in [3.8, 4) is 0 Å². The highest BCUT2D eigenvalue weighted by molar-refractivity contribution is 7.11. The lowest BCUT2D eigenvalue weighted by molar-refractivity contribution is 0.168. The van der Waals surface area contributed by atoms with Crippen LogP contribution >= 0.6 is 11.3 Å². The maximum absolute atomic E-state index is 4.71. The molecular weight excluding hydrogens is 242 g/mol. The third-order valence-electron chi connectivity index (χ3n) is 4.07. The van der Waals surface area contributed by atoms with Gasteiger partial charge >= 0.3 is 0 Å². The summed E-state index contributed by atoms with van der Waals surface area (Å²) < 4.78 is 0. The quantitative estimate of drug-likeness (QED) is 0.913. The molecule has 2 heterocycles. The molecule has 0 amide bonds. The zero-order valence-electron chi connectivity index (χ0n) is 12.0. The molecule has 1 fully saturated rings. The highest BCUT2D eigenvalue weighted by Gasteiger charge is 2.24. The van der Waals surface area contributed by atoms with E-state index in [2.05, 4.69) is 38.0 Å². The molecule has 1 aromatic rings. The van der Waals surface area contributed by atoms with Crippen LogP contribution in [-0.4, -0.2) is 36.1 Å². The highest BCUT2D eigenvalue weighted by Crippen LogP contribution is 2.29. The molecule has 0 radical (unpaired) electrons. The zero-order chi connectivity index (χ0) is 13.1. The van der Waals surface area contributed by atoms with Gasteiger partial charge in [0.15, 0.2) is 0 Å². The van der Waals surface area contributed by atoms with Crippen molar-refractivity contribution in [3.63, 3.8) is 0 Å². The first kappa shape index (κ1) is 14.0. The first-order valence-electron chi connectivity index (χ1n) is 6.96. The van der Waals surface area contributed by atoms with Crippen LogP contribution in [0, 0.1) is 13.8 Å². The van der Waals surface area contributed by atoms with Gasteiger partial charge in [-0.1, -0.05) is 0 Å². The van der Waals surface area contributed by atoms with E-state index >= 15 is 0 Å². The van der Waals surface area contributed by atoms with E-state index in [0.29, 0.717) is 12.1 Å². The van der Waals surface area contributed by atoms with E-state index in [-0.39, 0.29) is 0 Å². The molecule has 0 spiro atoms. The van der Waals surface area contributed by atoms with Crippen LogP contribution in [-0.2, 0) is 0 Å². The van der Waals surface area contributed by atoms with Gasteiger partial charge in [0.2, 0.25) is 0 Å². The Hall–Kier alpha value is -0.450. The van der Waals surface area contributed by atoms with Crippen LogP contribution in [0.2, 0.25) is 0 Å². The second-order valence-electron chi connectivity index (χ2n) is 5.35. The minimum atomic E-state index is 0.429. The van der Waals surface area contributed by atoms with Crippen molar-refractivity contribution in [1.29, 1.82) is 0 Å². The van der Waals surface area contributed by atoms with Gasteiger partial charge in [0.1, 0.15) is 0 Å². The monoisotopic (exact) mass is 267 g/mol. The van der Waals surface area contributed by atoms with Gasteiger partial charge in [0.25, 0.3) is 0 Å². The molecule has 2 rings (SSSR count). The van der Waals surface area contributed by atoms with Crippen molar-refractivity contribution >= 4 is 11.3 Å². The zero-order valence-corrected chi connectivity index (χ0v) is 12.8. The maximum atomic E-state index is 4.71. The fourth-order valence-corrected chi connectivity index (χ4v) is 3.76. The minimum Gasteiger partial charge on any atom is -0.317 e. The summed E-state index contributed by atoms with van der Waals surface area (Å²) in [4.78, 5) is 8.61. The predicted octanol–water partition coefficient (Wildman–Crippen LogP) is 2.89. The molecular formula is C14H25N3S. The predicted molar refractivity (Wildman–Crippen MR) is 78.3 cm³/mol. The molecule has 0 aromatic carbocycles. The number of hydrogen-bond donors (Lipinski definition) is 1. The first-order valence-corrected chi connectivity index (χ1v) is 7.78. The Kier molecular flexibility index (Phi) is 4.76. The molecule has 2 unspecified atom stereocenters. The number of thiazole rings is 1. The van der Waals surface area contributed by atoms with E-state index in [0.717, 1.165) is 6.54 Å². The van der Waals surface area contributed by atoms with E-state index in [1.807, 2.05) is 11.3 Å². The number of aryl methyl sites for hydroxylation is 2. The van der Waals surface area contributed by atoms with Gasteiger partial charge < -0.3 is 5.32 Å². The van der Waals surface area contributed by atoms with Crippen molar-refractivity contribution in [2.45, 2.75) is 52.1 Å². The van der Waals surface area contributed by atoms with E-state index in [9.17, 15) is 0 Å². The number of rotatable bonds is 3. The summed E-state index contributed by atoms with van der Waals surface area (Å²) in [7, 11) is 2.26. The lowest BCUT2D eigenvalue weighted by atomic mass is 10.0. The Morgan fingerprint density at radius 3 is 2.78 bits per heavy atom. The highest BCUT2D eigenvalue weighted by atomic mass is 32.1. The van der Waals surface area contributed by atoms with E-state index in [4.69, 9.17) is 4.98 Å². The Bertz CT molecular complexity index is 380. The van der Waals surface area contributed by atoms with Crippen molar-refractivity contribution in [3.05, 3.63) is 15.6 Å².